The summed E-state index contributed by atoms with van der Waals surface area (Å²) >= 11 is 6.23. The zero-order valence-corrected chi connectivity index (χ0v) is 22.2. The first-order chi connectivity index (χ1) is 17.3. The van der Waals surface area contributed by atoms with Crippen LogP contribution in [-0.4, -0.2) is 35.4 Å². The Bertz CT molecular complexity index is 1170. The third-order valence-corrected chi connectivity index (χ3v) is 6.44. The summed E-state index contributed by atoms with van der Waals surface area (Å²) in [6, 6.07) is 22.3. The third-order valence-electron chi connectivity index (χ3n) is 6.21. The van der Waals surface area contributed by atoms with Crippen LogP contribution in [0.15, 0.2) is 72.8 Å². The lowest BCUT2D eigenvalue weighted by molar-refractivity contribution is -0.143. The molecule has 3 aromatic rings. The van der Waals surface area contributed by atoms with Crippen LogP contribution < -0.4 is 10.1 Å². The van der Waals surface area contributed by atoms with Crippen LogP contribution in [0.5, 0.6) is 5.75 Å². The molecule has 0 bridgehead atoms. The molecule has 0 heterocycles. The van der Waals surface area contributed by atoms with Gasteiger partial charge < -0.3 is 15.0 Å². The van der Waals surface area contributed by atoms with Gasteiger partial charge in [0.15, 0.2) is 6.61 Å². The van der Waals surface area contributed by atoms with Gasteiger partial charge in [-0.1, -0.05) is 73.1 Å². The standard InChI is InChI=1S/C30H35ClN2O3/c1-5-23(4)32-30(35)27(18-24-10-7-6-8-11-24)33(19-25-12-9-13-26(31)17-25)29(34)20-36-28-16-21(2)14-15-22(28)3/h6-17,23,27H,5,18-20H2,1-4H3,(H,32,35)/t23-,27-/m1/s1. The molecular weight excluding hydrogens is 472 g/mol. The highest BCUT2D eigenvalue weighted by molar-refractivity contribution is 6.30. The van der Waals surface area contributed by atoms with Crippen molar-refractivity contribution >= 4 is 23.4 Å². The third kappa shape index (κ3) is 7.85. The largest absolute Gasteiger partial charge is 0.483 e. The quantitative estimate of drug-likeness (QED) is 0.352. The van der Waals surface area contributed by atoms with E-state index in [1.54, 1.807) is 11.0 Å². The zero-order valence-electron chi connectivity index (χ0n) is 21.5. The van der Waals surface area contributed by atoms with Gasteiger partial charge in [0.05, 0.1) is 0 Å². The number of hydrogen-bond donors (Lipinski definition) is 1. The highest BCUT2D eigenvalue weighted by atomic mass is 35.5. The molecule has 0 saturated carbocycles. The average molecular weight is 507 g/mol. The highest BCUT2D eigenvalue weighted by Crippen LogP contribution is 2.21. The van der Waals surface area contributed by atoms with Gasteiger partial charge in [-0.3, -0.25) is 9.59 Å². The first kappa shape index (κ1) is 27.3. The minimum Gasteiger partial charge on any atom is -0.483 e. The number of carbonyl (C=O) groups is 2. The second-order valence-corrected chi connectivity index (χ2v) is 9.67. The zero-order chi connectivity index (χ0) is 26.1. The van der Waals surface area contributed by atoms with Crippen LogP contribution in [0.2, 0.25) is 5.02 Å². The molecule has 3 rings (SSSR count). The van der Waals surface area contributed by atoms with Gasteiger partial charge in [-0.2, -0.15) is 0 Å². The van der Waals surface area contributed by atoms with Crippen molar-refractivity contribution in [2.45, 2.75) is 59.2 Å². The Morgan fingerprint density at radius 2 is 1.69 bits per heavy atom. The number of rotatable bonds is 11. The Kier molecular flexibility index (Phi) is 9.95. The monoisotopic (exact) mass is 506 g/mol. The Morgan fingerprint density at radius 1 is 0.972 bits per heavy atom. The van der Waals surface area contributed by atoms with Crippen LogP contribution in [0.1, 0.15) is 42.5 Å². The number of aryl methyl sites for hydroxylation is 2. The molecule has 1 N–H and O–H groups in total. The number of benzene rings is 3. The van der Waals surface area contributed by atoms with Gasteiger partial charge in [0.1, 0.15) is 11.8 Å². The molecule has 5 nitrogen and oxygen atoms in total. The van der Waals surface area contributed by atoms with E-state index in [1.165, 1.54) is 0 Å². The van der Waals surface area contributed by atoms with Crippen molar-refractivity contribution in [2.75, 3.05) is 6.61 Å². The van der Waals surface area contributed by atoms with Gasteiger partial charge in [-0.05, 0) is 67.6 Å². The molecule has 6 heteroatoms. The molecule has 3 aromatic carbocycles. The molecule has 0 radical (unpaired) electrons. The SMILES string of the molecule is CC[C@@H](C)NC(=O)[C@@H](Cc1ccccc1)N(Cc1cccc(Cl)c1)C(=O)COc1cc(C)ccc1C. The van der Waals surface area contributed by atoms with Gasteiger partial charge in [0.25, 0.3) is 5.91 Å². The van der Waals surface area contributed by atoms with E-state index in [1.807, 2.05) is 94.4 Å². The van der Waals surface area contributed by atoms with Gasteiger partial charge >= 0.3 is 0 Å². The van der Waals surface area contributed by atoms with E-state index < -0.39 is 6.04 Å². The molecule has 0 spiro atoms. The lowest BCUT2D eigenvalue weighted by atomic mass is 10.0. The summed E-state index contributed by atoms with van der Waals surface area (Å²) in [5.74, 6) is 0.209. The summed E-state index contributed by atoms with van der Waals surface area (Å²) in [5.41, 5.74) is 3.82. The summed E-state index contributed by atoms with van der Waals surface area (Å²) in [6.45, 7) is 7.97. The van der Waals surface area contributed by atoms with E-state index in [2.05, 4.69) is 5.32 Å². The summed E-state index contributed by atoms with van der Waals surface area (Å²) in [6.07, 6.45) is 1.18. The van der Waals surface area contributed by atoms with E-state index >= 15 is 0 Å². The van der Waals surface area contributed by atoms with E-state index in [4.69, 9.17) is 16.3 Å². The fraction of sp³-hybridized carbons (Fsp3) is 0.333. The molecule has 0 fully saturated rings. The van der Waals surface area contributed by atoms with Crippen molar-refractivity contribution in [3.05, 3.63) is 100 Å². The van der Waals surface area contributed by atoms with Crippen LogP contribution in [-0.2, 0) is 22.6 Å². The summed E-state index contributed by atoms with van der Waals surface area (Å²) in [4.78, 5) is 28.8. The van der Waals surface area contributed by atoms with Crippen molar-refractivity contribution in [1.29, 1.82) is 0 Å². The van der Waals surface area contributed by atoms with Crippen molar-refractivity contribution in [1.82, 2.24) is 10.2 Å². The Balaban J connectivity index is 1.93. The predicted octanol–water partition coefficient (Wildman–Crippen LogP) is 5.89. The number of carbonyl (C=O) groups excluding carboxylic acids is 2. The van der Waals surface area contributed by atoms with E-state index in [9.17, 15) is 9.59 Å². The van der Waals surface area contributed by atoms with Crippen LogP contribution in [0.3, 0.4) is 0 Å². The Labute approximate surface area is 219 Å². The van der Waals surface area contributed by atoms with Crippen LogP contribution in [0, 0.1) is 13.8 Å². The summed E-state index contributed by atoms with van der Waals surface area (Å²) in [7, 11) is 0. The van der Waals surface area contributed by atoms with Crippen molar-refractivity contribution in [2.24, 2.45) is 0 Å². The predicted molar refractivity (Wildman–Crippen MR) is 145 cm³/mol. The minimum atomic E-state index is -0.713. The normalized spacial score (nSPS) is 12.5. The smallest absolute Gasteiger partial charge is 0.261 e. The molecule has 0 aliphatic heterocycles. The van der Waals surface area contributed by atoms with Gasteiger partial charge in [-0.25, -0.2) is 0 Å². The summed E-state index contributed by atoms with van der Waals surface area (Å²) < 4.78 is 5.96. The summed E-state index contributed by atoms with van der Waals surface area (Å²) in [5, 5.41) is 3.65. The van der Waals surface area contributed by atoms with Crippen LogP contribution >= 0.6 is 11.6 Å². The molecular formula is C30H35ClN2O3. The molecule has 0 saturated heterocycles. The Morgan fingerprint density at radius 3 is 2.39 bits per heavy atom. The number of halogens is 1. The molecule has 190 valence electrons. The number of nitrogens with one attached hydrogen (secondary N) is 1. The minimum absolute atomic E-state index is 0.00918. The molecule has 2 atom stereocenters. The number of nitrogens with zero attached hydrogens (tertiary/aromatic N) is 1. The lowest BCUT2D eigenvalue weighted by Gasteiger charge is -2.32. The lowest BCUT2D eigenvalue weighted by Crippen LogP contribution is -2.53. The van der Waals surface area contributed by atoms with Crippen LogP contribution in [0.4, 0.5) is 0 Å². The van der Waals surface area contributed by atoms with Gasteiger partial charge in [0, 0.05) is 24.0 Å². The van der Waals surface area contributed by atoms with E-state index in [0.29, 0.717) is 17.2 Å². The fourth-order valence-corrected chi connectivity index (χ4v) is 4.13. The van der Waals surface area contributed by atoms with Gasteiger partial charge in [-0.15, -0.1) is 0 Å². The molecule has 0 unspecified atom stereocenters. The van der Waals surface area contributed by atoms with Crippen LogP contribution in [0.25, 0.3) is 0 Å². The second-order valence-electron chi connectivity index (χ2n) is 9.23. The maximum atomic E-state index is 13.7. The highest BCUT2D eigenvalue weighted by Gasteiger charge is 2.31. The van der Waals surface area contributed by atoms with Crippen molar-refractivity contribution in [3.8, 4) is 5.75 Å². The van der Waals surface area contributed by atoms with Gasteiger partial charge in [0.2, 0.25) is 5.91 Å². The number of hydrogen-bond acceptors (Lipinski definition) is 3. The van der Waals surface area contributed by atoms with E-state index in [0.717, 1.165) is 28.7 Å². The van der Waals surface area contributed by atoms with Crippen molar-refractivity contribution < 1.29 is 14.3 Å². The maximum absolute atomic E-state index is 13.7. The van der Waals surface area contributed by atoms with E-state index in [-0.39, 0.29) is 31.0 Å². The van der Waals surface area contributed by atoms with Crippen molar-refractivity contribution in [3.63, 3.8) is 0 Å². The molecule has 0 aliphatic carbocycles. The average Bonchev–Trinajstić information content (AvgIpc) is 2.87. The fourth-order valence-electron chi connectivity index (χ4n) is 3.91. The first-order valence-corrected chi connectivity index (χ1v) is 12.7. The molecule has 2 amide bonds. The maximum Gasteiger partial charge on any atom is 0.261 e. The molecule has 0 aliphatic rings. The number of amides is 2. The number of ether oxygens (including phenoxy) is 1. The molecule has 36 heavy (non-hydrogen) atoms. The molecule has 0 aromatic heterocycles. The Hall–Kier alpha value is -3.31. The topological polar surface area (TPSA) is 58.6 Å². The first-order valence-electron chi connectivity index (χ1n) is 12.3. The second kappa shape index (κ2) is 13.1.